The van der Waals surface area contributed by atoms with Gasteiger partial charge in [-0.15, -0.1) is 0 Å². The Bertz CT molecular complexity index is 1140. The number of sulfonamides is 1. The van der Waals surface area contributed by atoms with Gasteiger partial charge in [-0.2, -0.15) is 0 Å². The number of esters is 1. The molecule has 29 heavy (non-hydrogen) atoms. The lowest BCUT2D eigenvalue weighted by molar-refractivity contribution is -0.138. The molecular formula is C21H21NO6S. The quantitative estimate of drug-likeness (QED) is 0.551. The SMILES string of the molecule is COC(=O)CN(c1cc(OC)ccc1OC)S(=O)(=O)c1ccc2ccccc2c1. The molecule has 0 aliphatic carbocycles. The van der Waals surface area contributed by atoms with Crippen molar-refractivity contribution in [1.82, 2.24) is 0 Å². The van der Waals surface area contributed by atoms with Crippen LogP contribution in [-0.2, 0) is 19.6 Å². The summed E-state index contributed by atoms with van der Waals surface area (Å²) in [5, 5.41) is 1.68. The molecule has 0 bridgehead atoms. The second-order valence-electron chi connectivity index (χ2n) is 6.13. The molecule has 0 amide bonds. The van der Waals surface area contributed by atoms with E-state index in [0.717, 1.165) is 15.1 Å². The monoisotopic (exact) mass is 415 g/mol. The average molecular weight is 415 g/mol. The molecule has 7 nitrogen and oxygen atoms in total. The highest BCUT2D eigenvalue weighted by Gasteiger charge is 2.30. The Morgan fingerprint density at radius 2 is 1.62 bits per heavy atom. The highest BCUT2D eigenvalue weighted by atomic mass is 32.2. The van der Waals surface area contributed by atoms with Crippen LogP contribution >= 0.6 is 0 Å². The lowest BCUT2D eigenvalue weighted by Crippen LogP contribution is -2.36. The number of hydrogen-bond donors (Lipinski definition) is 0. The van der Waals surface area contributed by atoms with Gasteiger partial charge in [0.1, 0.15) is 18.0 Å². The van der Waals surface area contributed by atoms with Crippen molar-refractivity contribution in [3.8, 4) is 11.5 Å². The Hall–Kier alpha value is -3.26. The smallest absolute Gasteiger partial charge is 0.326 e. The van der Waals surface area contributed by atoms with Crippen LogP contribution in [0.25, 0.3) is 10.8 Å². The summed E-state index contributed by atoms with van der Waals surface area (Å²) in [6, 6.07) is 16.9. The van der Waals surface area contributed by atoms with Crippen LogP contribution < -0.4 is 13.8 Å². The molecule has 152 valence electrons. The van der Waals surface area contributed by atoms with Crippen LogP contribution in [-0.4, -0.2) is 42.3 Å². The minimum Gasteiger partial charge on any atom is -0.497 e. The zero-order valence-electron chi connectivity index (χ0n) is 16.3. The lowest BCUT2D eigenvalue weighted by Gasteiger charge is -2.25. The molecule has 0 aliphatic heterocycles. The second-order valence-corrected chi connectivity index (χ2v) is 8.00. The number of hydrogen-bond acceptors (Lipinski definition) is 6. The molecule has 0 heterocycles. The summed E-state index contributed by atoms with van der Waals surface area (Å²) in [7, 11) is -0.0238. The molecule has 0 N–H and O–H groups in total. The fourth-order valence-corrected chi connectivity index (χ4v) is 4.38. The number of anilines is 1. The number of carbonyl (C=O) groups excluding carboxylic acids is 1. The number of ether oxygens (including phenoxy) is 3. The Labute approximate surface area is 169 Å². The van der Waals surface area contributed by atoms with Crippen LogP contribution in [0.3, 0.4) is 0 Å². The molecule has 0 fully saturated rings. The highest BCUT2D eigenvalue weighted by molar-refractivity contribution is 7.92. The largest absolute Gasteiger partial charge is 0.497 e. The zero-order chi connectivity index (χ0) is 21.0. The maximum Gasteiger partial charge on any atom is 0.326 e. The summed E-state index contributed by atoms with van der Waals surface area (Å²) >= 11 is 0. The third kappa shape index (κ3) is 4.12. The third-order valence-corrected chi connectivity index (χ3v) is 6.22. The Balaban J connectivity index is 2.18. The van der Waals surface area contributed by atoms with E-state index in [1.807, 2.05) is 24.3 Å². The second kappa shape index (κ2) is 8.40. The number of rotatable bonds is 7. The first-order valence-corrected chi connectivity index (χ1v) is 10.1. The first kappa shape index (κ1) is 20.5. The number of benzene rings is 3. The van der Waals surface area contributed by atoms with Gasteiger partial charge in [-0.1, -0.05) is 30.3 Å². The summed E-state index contributed by atoms with van der Waals surface area (Å²) in [4.78, 5) is 12.1. The summed E-state index contributed by atoms with van der Waals surface area (Å²) in [6.07, 6.45) is 0. The van der Waals surface area contributed by atoms with Gasteiger partial charge >= 0.3 is 5.97 Å². The molecule has 3 aromatic carbocycles. The van der Waals surface area contributed by atoms with Gasteiger partial charge in [-0.05, 0) is 35.0 Å². The fraction of sp³-hybridized carbons (Fsp3) is 0.190. The summed E-state index contributed by atoms with van der Waals surface area (Å²) in [5.74, 6) is -0.0114. The van der Waals surface area contributed by atoms with Crippen molar-refractivity contribution in [3.63, 3.8) is 0 Å². The number of carbonyl (C=O) groups is 1. The molecular weight excluding hydrogens is 394 g/mol. The number of fused-ring (bicyclic) bond motifs is 1. The summed E-state index contributed by atoms with van der Waals surface area (Å²) in [6.45, 7) is -0.519. The molecule has 8 heteroatoms. The molecule has 0 aliphatic rings. The molecule has 0 saturated carbocycles. The lowest BCUT2D eigenvalue weighted by atomic mass is 10.1. The Kier molecular flexibility index (Phi) is 5.93. The molecule has 0 unspecified atom stereocenters. The van der Waals surface area contributed by atoms with Crippen LogP contribution in [0.1, 0.15) is 0 Å². The van der Waals surface area contributed by atoms with E-state index in [1.54, 1.807) is 24.3 Å². The van der Waals surface area contributed by atoms with Gasteiger partial charge in [-0.3, -0.25) is 9.10 Å². The van der Waals surface area contributed by atoms with Crippen molar-refractivity contribution >= 4 is 32.5 Å². The molecule has 0 saturated heterocycles. The molecule has 3 rings (SSSR count). The van der Waals surface area contributed by atoms with Crippen LogP contribution in [0, 0.1) is 0 Å². The minimum absolute atomic E-state index is 0.0463. The summed E-state index contributed by atoms with van der Waals surface area (Å²) < 4.78 is 43.3. The van der Waals surface area contributed by atoms with E-state index in [-0.39, 0.29) is 16.3 Å². The van der Waals surface area contributed by atoms with E-state index in [0.29, 0.717) is 5.75 Å². The van der Waals surface area contributed by atoms with Gasteiger partial charge in [0.2, 0.25) is 0 Å². The van der Waals surface area contributed by atoms with Crippen LogP contribution in [0.5, 0.6) is 11.5 Å². The molecule has 0 radical (unpaired) electrons. The standard InChI is InChI=1S/C21H21NO6S/c1-26-17-9-11-20(27-2)19(13-17)22(14-21(23)28-3)29(24,25)18-10-8-15-6-4-5-7-16(15)12-18/h4-13H,14H2,1-3H3. The van der Waals surface area contributed by atoms with Gasteiger partial charge in [0, 0.05) is 6.07 Å². The number of nitrogens with zero attached hydrogens (tertiary/aromatic N) is 1. The third-order valence-electron chi connectivity index (χ3n) is 4.46. The van der Waals surface area contributed by atoms with Crippen LogP contribution in [0.4, 0.5) is 5.69 Å². The van der Waals surface area contributed by atoms with Crippen molar-refractivity contribution in [2.75, 3.05) is 32.2 Å². The summed E-state index contributed by atoms with van der Waals surface area (Å²) in [5.41, 5.74) is 0.172. The van der Waals surface area contributed by atoms with E-state index in [2.05, 4.69) is 0 Å². The zero-order valence-corrected chi connectivity index (χ0v) is 17.1. The Morgan fingerprint density at radius 1 is 0.897 bits per heavy atom. The molecule has 0 spiro atoms. The van der Waals surface area contributed by atoms with Gasteiger partial charge in [-0.25, -0.2) is 8.42 Å². The van der Waals surface area contributed by atoms with E-state index < -0.39 is 22.5 Å². The van der Waals surface area contributed by atoms with E-state index in [9.17, 15) is 13.2 Å². The van der Waals surface area contributed by atoms with Gasteiger partial charge < -0.3 is 14.2 Å². The fourth-order valence-electron chi connectivity index (χ4n) is 2.93. The average Bonchev–Trinajstić information content (AvgIpc) is 2.76. The van der Waals surface area contributed by atoms with E-state index in [4.69, 9.17) is 14.2 Å². The van der Waals surface area contributed by atoms with E-state index >= 15 is 0 Å². The first-order chi connectivity index (χ1) is 13.9. The number of methoxy groups -OCH3 is 3. The minimum atomic E-state index is -4.11. The molecule has 0 atom stereocenters. The maximum atomic E-state index is 13.5. The van der Waals surface area contributed by atoms with Crippen molar-refractivity contribution in [2.45, 2.75) is 4.90 Å². The van der Waals surface area contributed by atoms with Gasteiger partial charge in [0.25, 0.3) is 10.0 Å². The van der Waals surface area contributed by atoms with Crippen molar-refractivity contribution in [3.05, 3.63) is 60.7 Å². The van der Waals surface area contributed by atoms with Crippen molar-refractivity contribution < 1.29 is 27.4 Å². The van der Waals surface area contributed by atoms with Crippen molar-refractivity contribution in [2.24, 2.45) is 0 Å². The predicted octanol–water partition coefficient (Wildman–Crippen LogP) is 3.23. The van der Waals surface area contributed by atoms with Crippen molar-refractivity contribution in [1.29, 1.82) is 0 Å². The van der Waals surface area contributed by atoms with Gasteiger partial charge in [0.15, 0.2) is 0 Å². The Morgan fingerprint density at radius 3 is 2.28 bits per heavy atom. The first-order valence-electron chi connectivity index (χ1n) is 8.71. The molecule has 3 aromatic rings. The van der Waals surface area contributed by atoms with Crippen LogP contribution in [0.2, 0.25) is 0 Å². The van der Waals surface area contributed by atoms with Gasteiger partial charge in [0.05, 0.1) is 31.9 Å². The topological polar surface area (TPSA) is 82.1 Å². The van der Waals surface area contributed by atoms with Crippen LogP contribution in [0.15, 0.2) is 65.6 Å². The maximum absolute atomic E-state index is 13.5. The predicted molar refractivity (Wildman–Crippen MR) is 110 cm³/mol. The highest BCUT2D eigenvalue weighted by Crippen LogP contribution is 2.36. The normalized spacial score (nSPS) is 11.1. The molecule has 0 aromatic heterocycles. The van der Waals surface area contributed by atoms with E-state index in [1.165, 1.54) is 33.5 Å².